The van der Waals surface area contributed by atoms with E-state index in [4.69, 9.17) is 10.00 Å². The van der Waals surface area contributed by atoms with E-state index in [1.165, 1.54) is 24.4 Å². The monoisotopic (exact) mass is 236 g/mol. The first-order valence-corrected chi connectivity index (χ1v) is 6.24. The summed E-state index contributed by atoms with van der Waals surface area (Å²) in [5, 5.41) is 9.76. The fourth-order valence-electron chi connectivity index (χ4n) is 1.76. The molecule has 16 heavy (non-hydrogen) atoms. The largest absolute Gasteiger partial charge is 0.360 e. The number of aromatic nitrogens is 2. The quantitative estimate of drug-likeness (QED) is 0.770. The summed E-state index contributed by atoms with van der Waals surface area (Å²) < 4.78 is 9.67. The molecule has 0 spiro atoms. The van der Waals surface area contributed by atoms with Crippen LogP contribution < -0.4 is 4.90 Å². The van der Waals surface area contributed by atoms with Crippen LogP contribution in [0.5, 0.6) is 0 Å². The second-order valence-corrected chi connectivity index (χ2v) is 4.87. The van der Waals surface area contributed by atoms with Gasteiger partial charge in [-0.3, -0.25) is 0 Å². The molecule has 84 valence electrons. The van der Waals surface area contributed by atoms with Crippen LogP contribution in [0.15, 0.2) is 0 Å². The summed E-state index contributed by atoms with van der Waals surface area (Å²) in [5.74, 6) is 1.58. The number of ether oxygens (including phenoxy) is 1. The third-order valence-electron chi connectivity index (χ3n) is 2.85. The summed E-state index contributed by atoms with van der Waals surface area (Å²) in [6, 6.07) is 2.14. The third-order valence-corrected chi connectivity index (χ3v) is 3.65. The number of hydrogen-bond acceptors (Lipinski definition) is 6. The van der Waals surface area contributed by atoms with Crippen molar-refractivity contribution in [2.45, 2.75) is 24.9 Å². The highest BCUT2D eigenvalue weighted by molar-refractivity contribution is 7.09. The van der Waals surface area contributed by atoms with E-state index in [2.05, 4.69) is 20.3 Å². The molecule has 1 aromatic rings. The Balaban J connectivity index is 1.72. The Bertz CT molecular complexity index is 423. The fraction of sp³-hybridized carbons (Fsp3) is 0.700. The van der Waals surface area contributed by atoms with Gasteiger partial charge in [0.2, 0.25) is 5.13 Å². The highest BCUT2D eigenvalue weighted by atomic mass is 32.1. The van der Waals surface area contributed by atoms with E-state index in [0.717, 1.165) is 17.5 Å². The Labute approximate surface area is 97.8 Å². The zero-order chi connectivity index (χ0) is 11.0. The van der Waals surface area contributed by atoms with Crippen molar-refractivity contribution < 1.29 is 4.74 Å². The topological polar surface area (TPSA) is 62.0 Å². The third kappa shape index (κ3) is 1.88. The van der Waals surface area contributed by atoms with Gasteiger partial charge < -0.3 is 9.64 Å². The van der Waals surface area contributed by atoms with Crippen LogP contribution in [-0.2, 0) is 4.74 Å². The van der Waals surface area contributed by atoms with E-state index >= 15 is 0 Å². The summed E-state index contributed by atoms with van der Waals surface area (Å²) in [6.07, 6.45) is 2.11. The van der Waals surface area contributed by atoms with Gasteiger partial charge in [-0.05, 0) is 12.8 Å². The minimum absolute atomic E-state index is 0.331. The highest BCUT2D eigenvalue weighted by Gasteiger charge is 2.29. The molecule has 0 amide bonds. The van der Waals surface area contributed by atoms with Gasteiger partial charge in [-0.15, -0.1) is 0 Å². The molecule has 1 unspecified atom stereocenters. The van der Waals surface area contributed by atoms with Crippen LogP contribution >= 0.6 is 11.5 Å². The van der Waals surface area contributed by atoms with Crippen molar-refractivity contribution >= 4 is 16.7 Å². The SMILES string of the molecule is N#CC1CN(c2nc(C3CC3)ns2)CCO1. The average Bonchev–Trinajstić information content (AvgIpc) is 3.07. The lowest BCUT2D eigenvalue weighted by molar-refractivity contribution is 0.0764. The molecule has 1 saturated carbocycles. The predicted molar refractivity (Wildman–Crippen MR) is 59.5 cm³/mol. The molecular formula is C10H12N4OS. The van der Waals surface area contributed by atoms with E-state index < -0.39 is 0 Å². The first kappa shape index (κ1) is 10.00. The lowest BCUT2D eigenvalue weighted by Crippen LogP contribution is -2.41. The molecule has 2 heterocycles. The minimum atomic E-state index is -0.331. The molecule has 2 aliphatic rings. The van der Waals surface area contributed by atoms with Gasteiger partial charge in [0.15, 0.2) is 6.10 Å². The van der Waals surface area contributed by atoms with Crippen molar-refractivity contribution in [3.63, 3.8) is 0 Å². The summed E-state index contributed by atoms with van der Waals surface area (Å²) in [7, 11) is 0. The second kappa shape index (κ2) is 4.00. The van der Waals surface area contributed by atoms with Gasteiger partial charge in [-0.1, -0.05) is 0 Å². The van der Waals surface area contributed by atoms with Crippen molar-refractivity contribution in [1.29, 1.82) is 5.26 Å². The molecule has 6 heteroatoms. The van der Waals surface area contributed by atoms with Crippen molar-refractivity contribution in [2.24, 2.45) is 0 Å². The minimum Gasteiger partial charge on any atom is -0.360 e. The summed E-state index contributed by atoms with van der Waals surface area (Å²) in [6.45, 7) is 2.00. The molecule has 1 aromatic heterocycles. The molecule has 0 aromatic carbocycles. The van der Waals surface area contributed by atoms with Crippen molar-refractivity contribution in [3.05, 3.63) is 5.82 Å². The van der Waals surface area contributed by atoms with Gasteiger partial charge in [-0.25, -0.2) is 4.98 Å². The van der Waals surface area contributed by atoms with Crippen LogP contribution in [0.4, 0.5) is 5.13 Å². The molecule has 0 bridgehead atoms. The van der Waals surface area contributed by atoms with Gasteiger partial charge in [0.05, 0.1) is 19.2 Å². The highest BCUT2D eigenvalue weighted by Crippen LogP contribution is 2.39. The predicted octanol–water partition coefficient (Wildman–Crippen LogP) is 1.14. The normalized spacial score (nSPS) is 25.4. The lowest BCUT2D eigenvalue weighted by Gasteiger charge is -2.28. The fourth-order valence-corrected chi connectivity index (χ4v) is 2.54. The number of hydrogen-bond donors (Lipinski definition) is 0. The maximum absolute atomic E-state index is 8.82. The molecule has 1 atom stereocenters. The Morgan fingerprint density at radius 3 is 3.12 bits per heavy atom. The Kier molecular flexibility index (Phi) is 2.50. The maximum Gasteiger partial charge on any atom is 0.205 e. The van der Waals surface area contributed by atoms with Crippen LogP contribution in [0.1, 0.15) is 24.6 Å². The molecule has 1 saturated heterocycles. The molecule has 0 N–H and O–H groups in total. The first-order chi connectivity index (χ1) is 7.86. The summed E-state index contributed by atoms with van der Waals surface area (Å²) in [4.78, 5) is 6.63. The average molecular weight is 236 g/mol. The van der Waals surface area contributed by atoms with Crippen molar-refractivity contribution in [3.8, 4) is 6.07 Å². The van der Waals surface area contributed by atoms with Crippen LogP contribution in [0.3, 0.4) is 0 Å². The van der Waals surface area contributed by atoms with Crippen molar-refractivity contribution in [2.75, 3.05) is 24.6 Å². The van der Waals surface area contributed by atoms with Crippen LogP contribution in [0.25, 0.3) is 0 Å². The number of anilines is 1. The standard InChI is InChI=1S/C10H12N4OS/c11-5-8-6-14(3-4-15-8)10-12-9(13-16-10)7-1-2-7/h7-8H,1-4,6H2. The lowest BCUT2D eigenvalue weighted by atomic mass is 10.3. The van der Waals surface area contributed by atoms with E-state index in [1.807, 2.05) is 0 Å². The van der Waals surface area contributed by atoms with Gasteiger partial charge in [0, 0.05) is 24.0 Å². The zero-order valence-corrected chi connectivity index (χ0v) is 9.61. The molecule has 3 rings (SSSR count). The molecule has 0 radical (unpaired) electrons. The number of morpholine rings is 1. The van der Waals surface area contributed by atoms with Crippen LogP contribution in [0.2, 0.25) is 0 Å². The Morgan fingerprint density at radius 1 is 1.50 bits per heavy atom. The van der Waals surface area contributed by atoms with E-state index in [-0.39, 0.29) is 6.10 Å². The maximum atomic E-state index is 8.82. The second-order valence-electron chi connectivity index (χ2n) is 4.14. The zero-order valence-electron chi connectivity index (χ0n) is 8.80. The van der Waals surface area contributed by atoms with Gasteiger partial charge in [0.25, 0.3) is 0 Å². The molecule has 1 aliphatic carbocycles. The first-order valence-electron chi connectivity index (χ1n) is 5.46. The molecular weight excluding hydrogens is 224 g/mol. The van der Waals surface area contributed by atoms with Crippen molar-refractivity contribution in [1.82, 2.24) is 9.36 Å². The number of nitrogens with zero attached hydrogens (tertiary/aromatic N) is 4. The van der Waals surface area contributed by atoms with Crippen LogP contribution in [0, 0.1) is 11.3 Å². The Hall–Kier alpha value is -1.19. The van der Waals surface area contributed by atoms with Crippen LogP contribution in [-0.4, -0.2) is 35.2 Å². The number of nitriles is 1. The van der Waals surface area contributed by atoms with E-state index in [0.29, 0.717) is 19.1 Å². The molecule has 5 nitrogen and oxygen atoms in total. The van der Waals surface area contributed by atoms with Gasteiger partial charge in [0.1, 0.15) is 5.82 Å². The van der Waals surface area contributed by atoms with E-state index in [1.54, 1.807) is 0 Å². The summed E-state index contributed by atoms with van der Waals surface area (Å²) >= 11 is 1.44. The Morgan fingerprint density at radius 2 is 2.38 bits per heavy atom. The molecule has 1 aliphatic heterocycles. The summed E-state index contributed by atoms with van der Waals surface area (Å²) in [5.41, 5.74) is 0. The number of rotatable bonds is 2. The smallest absolute Gasteiger partial charge is 0.205 e. The molecule has 2 fully saturated rings. The van der Waals surface area contributed by atoms with Gasteiger partial charge in [-0.2, -0.15) is 9.64 Å². The van der Waals surface area contributed by atoms with Gasteiger partial charge >= 0.3 is 0 Å². The van der Waals surface area contributed by atoms with E-state index in [9.17, 15) is 0 Å².